The lowest BCUT2D eigenvalue weighted by Crippen LogP contribution is -2.34. The van der Waals surface area contributed by atoms with E-state index in [2.05, 4.69) is 58.3 Å². The fraction of sp³-hybridized carbons (Fsp3) is 0.550. The van der Waals surface area contributed by atoms with Crippen LogP contribution in [0.1, 0.15) is 26.7 Å². The van der Waals surface area contributed by atoms with Crippen molar-refractivity contribution < 1.29 is 4.79 Å². The lowest BCUT2D eigenvalue weighted by molar-refractivity contribution is -0.120. The van der Waals surface area contributed by atoms with Crippen LogP contribution in [0.4, 0.5) is 5.69 Å². The lowest BCUT2D eigenvalue weighted by Gasteiger charge is -2.21. The molecule has 2 aromatic rings. The minimum Gasteiger partial charge on any atom is -0.346 e. The van der Waals surface area contributed by atoms with Gasteiger partial charge in [0, 0.05) is 41.8 Å². The summed E-state index contributed by atoms with van der Waals surface area (Å²) in [6.07, 6.45) is 4.00. The molecular weight excluding hydrogens is 348 g/mol. The first-order valence-electron chi connectivity index (χ1n) is 9.54. The highest BCUT2D eigenvalue weighted by molar-refractivity contribution is 5.95. The number of piperidine rings is 1. The zero-order valence-corrected chi connectivity index (χ0v) is 16.6. The van der Waals surface area contributed by atoms with E-state index in [1.165, 1.54) is 10.9 Å². The Balaban J connectivity index is 0.00000243. The molecule has 0 radical (unpaired) electrons. The van der Waals surface area contributed by atoms with Crippen molar-refractivity contribution in [3.8, 4) is 0 Å². The fourth-order valence-corrected chi connectivity index (χ4v) is 3.59. The van der Waals surface area contributed by atoms with E-state index in [0.29, 0.717) is 0 Å². The Morgan fingerprint density at radius 1 is 1.23 bits per heavy atom. The molecule has 0 saturated carbocycles. The number of hydrogen-bond donors (Lipinski definition) is 2. The molecular formula is C20H31ClN4O. The smallest absolute Gasteiger partial charge is 0.227 e. The van der Waals surface area contributed by atoms with Crippen LogP contribution >= 0.6 is 12.4 Å². The van der Waals surface area contributed by atoms with E-state index in [-0.39, 0.29) is 24.2 Å². The minimum absolute atomic E-state index is 0. The molecule has 0 bridgehead atoms. The van der Waals surface area contributed by atoms with E-state index in [1.54, 1.807) is 0 Å². The Kier molecular flexibility index (Phi) is 7.94. The number of nitrogens with zero attached hydrogens (tertiary/aromatic N) is 2. The second-order valence-corrected chi connectivity index (χ2v) is 6.82. The number of rotatable bonds is 7. The molecule has 0 spiro atoms. The van der Waals surface area contributed by atoms with Crippen molar-refractivity contribution in [3.05, 3.63) is 30.5 Å². The predicted molar refractivity (Wildman–Crippen MR) is 111 cm³/mol. The molecule has 1 amide bonds. The largest absolute Gasteiger partial charge is 0.346 e. The van der Waals surface area contributed by atoms with Crippen LogP contribution in [0.3, 0.4) is 0 Å². The van der Waals surface area contributed by atoms with Gasteiger partial charge < -0.3 is 20.1 Å². The Morgan fingerprint density at radius 2 is 1.96 bits per heavy atom. The van der Waals surface area contributed by atoms with Crippen molar-refractivity contribution in [1.29, 1.82) is 0 Å². The predicted octanol–water partition coefficient (Wildman–Crippen LogP) is 3.34. The van der Waals surface area contributed by atoms with Gasteiger partial charge in [0.15, 0.2) is 0 Å². The Morgan fingerprint density at radius 3 is 2.65 bits per heavy atom. The number of hydrogen-bond acceptors (Lipinski definition) is 3. The summed E-state index contributed by atoms with van der Waals surface area (Å²) in [4.78, 5) is 14.8. The van der Waals surface area contributed by atoms with Crippen LogP contribution in [0.25, 0.3) is 10.9 Å². The van der Waals surface area contributed by atoms with E-state index in [0.717, 1.165) is 57.8 Å². The summed E-state index contributed by atoms with van der Waals surface area (Å²) in [5.74, 6) is 0.289. The normalized spacial score (nSPS) is 15.2. The van der Waals surface area contributed by atoms with Crippen molar-refractivity contribution in [1.82, 2.24) is 14.8 Å². The number of likely N-dealkylation sites (N-methyl/N-ethyl adjacent to an activating group) is 1. The van der Waals surface area contributed by atoms with Gasteiger partial charge in [0.25, 0.3) is 0 Å². The number of carbonyl (C=O) groups excluding carboxylic acids is 1. The van der Waals surface area contributed by atoms with Gasteiger partial charge in [-0.3, -0.25) is 4.79 Å². The summed E-state index contributed by atoms with van der Waals surface area (Å²) < 4.78 is 2.30. The van der Waals surface area contributed by atoms with Crippen molar-refractivity contribution >= 4 is 34.9 Å². The van der Waals surface area contributed by atoms with Gasteiger partial charge >= 0.3 is 0 Å². The molecule has 0 aliphatic carbocycles. The molecule has 26 heavy (non-hydrogen) atoms. The van der Waals surface area contributed by atoms with Crippen molar-refractivity contribution in [3.63, 3.8) is 0 Å². The van der Waals surface area contributed by atoms with Crippen LogP contribution in [-0.4, -0.2) is 48.1 Å². The van der Waals surface area contributed by atoms with Crippen LogP contribution in [0, 0.1) is 5.92 Å². The van der Waals surface area contributed by atoms with Gasteiger partial charge in [0.2, 0.25) is 5.91 Å². The molecule has 3 rings (SSSR count). The number of fused-ring (bicyclic) bond motifs is 1. The maximum atomic E-state index is 12.4. The molecule has 1 fully saturated rings. The number of anilines is 1. The van der Waals surface area contributed by atoms with E-state index in [1.807, 2.05) is 6.07 Å². The van der Waals surface area contributed by atoms with Crippen LogP contribution in [0.5, 0.6) is 0 Å². The topological polar surface area (TPSA) is 49.3 Å². The van der Waals surface area contributed by atoms with Crippen molar-refractivity contribution in [2.75, 3.05) is 38.0 Å². The highest BCUT2D eigenvalue weighted by Gasteiger charge is 2.20. The molecule has 0 unspecified atom stereocenters. The van der Waals surface area contributed by atoms with Crippen LogP contribution in [0.15, 0.2) is 30.5 Å². The zero-order valence-electron chi connectivity index (χ0n) is 15.8. The number of aromatic nitrogens is 1. The van der Waals surface area contributed by atoms with Gasteiger partial charge in [-0.2, -0.15) is 0 Å². The van der Waals surface area contributed by atoms with Gasteiger partial charge in [-0.1, -0.05) is 13.8 Å². The molecule has 5 nitrogen and oxygen atoms in total. The second-order valence-electron chi connectivity index (χ2n) is 6.82. The quantitative estimate of drug-likeness (QED) is 0.776. The Bertz CT molecular complexity index is 705. The number of benzene rings is 1. The molecule has 1 aliphatic heterocycles. The third-order valence-corrected chi connectivity index (χ3v) is 5.30. The summed E-state index contributed by atoms with van der Waals surface area (Å²) in [5, 5.41) is 7.58. The van der Waals surface area contributed by atoms with E-state index in [4.69, 9.17) is 0 Å². The van der Waals surface area contributed by atoms with Gasteiger partial charge in [-0.15, -0.1) is 12.4 Å². The molecule has 1 aliphatic rings. The maximum absolute atomic E-state index is 12.4. The number of carbonyl (C=O) groups is 1. The average Bonchev–Trinajstić information content (AvgIpc) is 3.05. The molecule has 6 heteroatoms. The lowest BCUT2D eigenvalue weighted by atomic mass is 9.97. The summed E-state index contributed by atoms with van der Waals surface area (Å²) in [6, 6.07) is 8.37. The molecule has 1 saturated heterocycles. The SMILES string of the molecule is CCN(CC)CCn1ccc2cc(NC(=O)C3CCNCC3)ccc21.Cl. The number of nitrogens with one attached hydrogen (secondary N) is 2. The molecule has 1 aromatic heterocycles. The van der Waals surface area contributed by atoms with Crippen molar-refractivity contribution in [2.45, 2.75) is 33.2 Å². The summed E-state index contributed by atoms with van der Waals surface area (Å²) in [6.45, 7) is 10.5. The highest BCUT2D eigenvalue weighted by atomic mass is 35.5. The van der Waals surface area contributed by atoms with Gasteiger partial charge in [0.1, 0.15) is 0 Å². The third kappa shape index (κ3) is 5.00. The minimum atomic E-state index is 0. The standard InChI is InChI=1S/C20H30N4O.ClH/c1-3-23(4-2)13-14-24-12-9-17-15-18(5-6-19(17)24)22-20(25)16-7-10-21-11-8-16;/h5-6,9,12,15-16,21H,3-4,7-8,10-11,13-14H2,1-2H3,(H,22,25);1H. The molecule has 144 valence electrons. The summed E-state index contributed by atoms with van der Waals surface area (Å²) >= 11 is 0. The molecule has 2 N–H and O–H groups in total. The molecule has 2 heterocycles. The van der Waals surface area contributed by atoms with Crippen LogP contribution in [0.2, 0.25) is 0 Å². The Hall–Kier alpha value is -1.56. The molecule has 1 aromatic carbocycles. The number of amides is 1. The van der Waals surface area contributed by atoms with Gasteiger partial charge in [-0.25, -0.2) is 0 Å². The third-order valence-electron chi connectivity index (χ3n) is 5.30. The fourth-order valence-electron chi connectivity index (χ4n) is 3.59. The first-order valence-corrected chi connectivity index (χ1v) is 9.54. The maximum Gasteiger partial charge on any atom is 0.227 e. The average molecular weight is 379 g/mol. The van der Waals surface area contributed by atoms with Crippen LogP contribution in [-0.2, 0) is 11.3 Å². The summed E-state index contributed by atoms with van der Waals surface area (Å²) in [5.41, 5.74) is 2.13. The summed E-state index contributed by atoms with van der Waals surface area (Å²) in [7, 11) is 0. The first kappa shape index (κ1) is 20.7. The van der Waals surface area contributed by atoms with Crippen LogP contribution < -0.4 is 10.6 Å². The van der Waals surface area contributed by atoms with E-state index in [9.17, 15) is 4.79 Å². The second kappa shape index (κ2) is 9.95. The zero-order chi connectivity index (χ0) is 17.6. The highest BCUT2D eigenvalue weighted by Crippen LogP contribution is 2.22. The van der Waals surface area contributed by atoms with E-state index >= 15 is 0 Å². The monoisotopic (exact) mass is 378 g/mol. The number of halogens is 1. The van der Waals surface area contributed by atoms with E-state index < -0.39 is 0 Å². The first-order chi connectivity index (χ1) is 12.2. The Labute approximate surface area is 162 Å². The van der Waals surface area contributed by atoms with Gasteiger partial charge in [0.05, 0.1) is 0 Å². The van der Waals surface area contributed by atoms with Crippen molar-refractivity contribution in [2.24, 2.45) is 5.92 Å². The van der Waals surface area contributed by atoms with Gasteiger partial charge in [-0.05, 0) is 63.3 Å². The molecule has 0 atom stereocenters.